The van der Waals surface area contributed by atoms with Gasteiger partial charge in [0.25, 0.3) is 5.91 Å². The summed E-state index contributed by atoms with van der Waals surface area (Å²) in [5, 5.41) is 0.848. The van der Waals surface area contributed by atoms with Crippen LogP contribution in [0.25, 0.3) is 0 Å². The highest BCUT2D eigenvalue weighted by atomic mass is 16.7. The van der Waals surface area contributed by atoms with Crippen LogP contribution in [0.4, 0.5) is 5.69 Å². The fourth-order valence-corrected chi connectivity index (χ4v) is 1.44. The van der Waals surface area contributed by atoms with Crippen molar-refractivity contribution in [2.45, 2.75) is 27.2 Å². The molecule has 0 atom stereocenters. The summed E-state index contributed by atoms with van der Waals surface area (Å²) in [6, 6.07) is 6.86. The van der Waals surface area contributed by atoms with Crippen LogP contribution in [0.3, 0.4) is 0 Å². The lowest BCUT2D eigenvalue weighted by atomic mass is 10.2. The number of anilines is 1. The molecular weight excluding hydrogens is 262 g/mol. The largest absolute Gasteiger partial charge is 0.466 e. The number of hydrogen-bond acceptors (Lipinski definition) is 5. The van der Waals surface area contributed by atoms with E-state index in [2.05, 4.69) is 4.74 Å². The van der Waals surface area contributed by atoms with E-state index in [1.165, 1.54) is 6.92 Å². The van der Waals surface area contributed by atoms with Crippen LogP contribution in [0.2, 0.25) is 0 Å². The van der Waals surface area contributed by atoms with Gasteiger partial charge in [0, 0.05) is 6.92 Å². The van der Waals surface area contributed by atoms with Crippen LogP contribution in [-0.2, 0) is 24.0 Å². The minimum Gasteiger partial charge on any atom is -0.466 e. The zero-order chi connectivity index (χ0) is 15.1. The Labute approximate surface area is 117 Å². The number of aryl methyl sites for hydroxylation is 1. The second kappa shape index (κ2) is 7.28. The van der Waals surface area contributed by atoms with Crippen molar-refractivity contribution in [2.75, 3.05) is 11.7 Å². The molecule has 0 aliphatic rings. The number of carbonyl (C=O) groups is 3. The molecule has 0 N–H and O–H groups in total. The molecule has 0 radical (unpaired) electrons. The molecule has 1 amide bonds. The van der Waals surface area contributed by atoms with E-state index >= 15 is 0 Å². The van der Waals surface area contributed by atoms with Crippen molar-refractivity contribution in [1.82, 2.24) is 0 Å². The standard InChI is InChI=1S/C14H17NO5/c1-4-19-13(17)9-14(18)20-15(11(3)16)12-7-5-10(2)6-8-12/h5-8H,4,9H2,1-3H3. The summed E-state index contributed by atoms with van der Waals surface area (Å²) >= 11 is 0. The molecule has 0 aromatic heterocycles. The summed E-state index contributed by atoms with van der Waals surface area (Å²) in [5.74, 6) is -2.00. The predicted molar refractivity (Wildman–Crippen MR) is 71.7 cm³/mol. The lowest BCUT2D eigenvalue weighted by molar-refractivity contribution is -0.157. The fraction of sp³-hybridized carbons (Fsp3) is 0.357. The smallest absolute Gasteiger partial charge is 0.344 e. The number of benzene rings is 1. The van der Waals surface area contributed by atoms with Gasteiger partial charge < -0.3 is 9.57 Å². The molecule has 0 unspecified atom stereocenters. The number of rotatable bonds is 4. The fourth-order valence-electron chi connectivity index (χ4n) is 1.44. The highest BCUT2D eigenvalue weighted by Gasteiger charge is 2.20. The molecule has 1 rings (SSSR count). The number of esters is 1. The molecule has 0 saturated heterocycles. The third-order valence-corrected chi connectivity index (χ3v) is 2.34. The van der Waals surface area contributed by atoms with Crippen LogP contribution in [0.15, 0.2) is 24.3 Å². The van der Waals surface area contributed by atoms with Gasteiger partial charge in [-0.25, -0.2) is 4.79 Å². The highest BCUT2D eigenvalue weighted by molar-refractivity contribution is 5.95. The van der Waals surface area contributed by atoms with Crippen molar-refractivity contribution in [2.24, 2.45) is 0 Å². The molecule has 6 heteroatoms. The summed E-state index contributed by atoms with van der Waals surface area (Å²) in [4.78, 5) is 39.1. The lowest BCUT2D eigenvalue weighted by Gasteiger charge is -2.19. The molecule has 0 fully saturated rings. The molecule has 0 bridgehead atoms. The molecule has 1 aromatic rings. The predicted octanol–water partition coefficient (Wildman–Crippen LogP) is 1.76. The maximum absolute atomic E-state index is 11.6. The first-order chi connectivity index (χ1) is 9.43. The number of hydroxylamine groups is 1. The van der Waals surface area contributed by atoms with Crippen LogP contribution in [0.1, 0.15) is 25.8 Å². The zero-order valence-electron chi connectivity index (χ0n) is 11.7. The maximum atomic E-state index is 11.6. The van der Waals surface area contributed by atoms with Gasteiger partial charge in [0.1, 0.15) is 6.42 Å². The third-order valence-electron chi connectivity index (χ3n) is 2.34. The van der Waals surface area contributed by atoms with Crippen LogP contribution < -0.4 is 5.06 Å². The Hall–Kier alpha value is -2.37. The monoisotopic (exact) mass is 279 g/mol. The minimum absolute atomic E-state index is 0.181. The summed E-state index contributed by atoms with van der Waals surface area (Å²) in [6.07, 6.45) is -0.538. The van der Waals surface area contributed by atoms with Crippen LogP contribution in [0.5, 0.6) is 0 Å². The van der Waals surface area contributed by atoms with Gasteiger partial charge in [0.2, 0.25) is 0 Å². The van der Waals surface area contributed by atoms with E-state index in [4.69, 9.17) is 4.84 Å². The van der Waals surface area contributed by atoms with Crippen molar-refractivity contribution < 1.29 is 24.0 Å². The molecule has 0 saturated carbocycles. The SMILES string of the molecule is CCOC(=O)CC(=O)ON(C(C)=O)c1ccc(C)cc1. The molecule has 6 nitrogen and oxygen atoms in total. The minimum atomic E-state index is -0.848. The third kappa shape index (κ3) is 4.72. The number of amides is 1. The van der Waals surface area contributed by atoms with Gasteiger partial charge in [-0.2, -0.15) is 0 Å². The Morgan fingerprint density at radius 3 is 2.20 bits per heavy atom. The molecular formula is C14H17NO5. The molecule has 0 heterocycles. The Morgan fingerprint density at radius 2 is 1.70 bits per heavy atom. The number of hydrogen-bond donors (Lipinski definition) is 0. The van der Waals surface area contributed by atoms with E-state index in [1.807, 2.05) is 6.92 Å². The molecule has 20 heavy (non-hydrogen) atoms. The molecule has 0 aliphatic heterocycles. The summed E-state index contributed by atoms with van der Waals surface area (Å²) in [6.45, 7) is 4.98. The molecule has 1 aromatic carbocycles. The first-order valence-corrected chi connectivity index (χ1v) is 6.17. The summed E-state index contributed by atoms with van der Waals surface area (Å²) in [5.41, 5.74) is 1.43. The Morgan fingerprint density at radius 1 is 1.10 bits per heavy atom. The Balaban J connectivity index is 2.73. The van der Waals surface area contributed by atoms with Crippen molar-refractivity contribution >= 4 is 23.5 Å². The van der Waals surface area contributed by atoms with Gasteiger partial charge in [0.05, 0.1) is 12.3 Å². The van der Waals surface area contributed by atoms with E-state index in [0.717, 1.165) is 10.6 Å². The van der Waals surface area contributed by atoms with E-state index in [-0.39, 0.29) is 6.61 Å². The maximum Gasteiger partial charge on any atom is 0.344 e. The Bertz CT molecular complexity index is 495. The van der Waals surface area contributed by atoms with E-state index in [1.54, 1.807) is 31.2 Å². The average molecular weight is 279 g/mol. The first-order valence-electron chi connectivity index (χ1n) is 6.17. The second-order valence-corrected chi connectivity index (χ2v) is 4.09. The van der Waals surface area contributed by atoms with Crippen molar-refractivity contribution in [1.29, 1.82) is 0 Å². The zero-order valence-corrected chi connectivity index (χ0v) is 11.7. The van der Waals surface area contributed by atoms with Gasteiger partial charge in [-0.3, -0.25) is 9.59 Å². The van der Waals surface area contributed by atoms with Gasteiger partial charge in [-0.05, 0) is 26.0 Å². The second-order valence-electron chi connectivity index (χ2n) is 4.09. The van der Waals surface area contributed by atoms with Crippen LogP contribution >= 0.6 is 0 Å². The van der Waals surface area contributed by atoms with Gasteiger partial charge in [0.15, 0.2) is 0 Å². The van der Waals surface area contributed by atoms with Crippen molar-refractivity contribution in [3.63, 3.8) is 0 Å². The van der Waals surface area contributed by atoms with E-state index in [9.17, 15) is 14.4 Å². The van der Waals surface area contributed by atoms with Gasteiger partial charge >= 0.3 is 11.9 Å². The lowest BCUT2D eigenvalue weighted by Crippen LogP contribution is -2.32. The number of carbonyl (C=O) groups excluding carboxylic acids is 3. The highest BCUT2D eigenvalue weighted by Crippen LogP contribution is 2.16. The summed E-state index contributed by atoms with van der Waals surface area (Å²) < 4.78 is 4.63. The molecule has 0 aliphatic carbocycles. The summed E-state index contributed by atoms with van der Waals surface area (Å²) in [7, 11) is 0. The van der Waals surface area contributed by atoms with Crippen LogP contribution in [0, 0.1) is 6.92 Å². The molecule has 0 spiro atoms. The topological polar surface area (TPSA) is 72.9 Å². The van der Waals surface area contributed by atoms with Gasteiger partial charge in [-0.1, -0.05) is 17.7 Å². The first kappa shape index (κ1) is 15.7. The number of ether oxygens (including phenoxy) is 1. The van der Waals surface area contributed by atoms with Crippen LogP contribution in [-0.4, -0.2) is 24.5 Å². The van der Waals surface area contributed by atoms with E-state index in [0.29, 0.717) is 5.69 Å². The average Bonchev–Trinajstić information content (AvgIpc) is 2.37. The van der Waals surface area contributed by atoms with Gasteiger partial charge in [-0.15, -0.1) is 5.06 Å². The number of nitrogens with zero attached hydrogens (tertiary/aromatic N) is 1. The van der Waals surface area contributed by atoms with Crippen molar-refractivity contribution in [3.8, 4) is 0 Å². The Kier molecular flexibility index (Phi) is 5.71. The van der Waals surface area contributed by atoms with Crippen molar-refractivity contribution in [3.05, 3.63) is 29.8 Å². The normalized spacial score (nSPS) is 9.75. The molecule has 108 valence electrons. The van der Waals surface area contributed by atoms with E-state index < -0.39 is 24.3 Å². The quantitative estimate of drug-likeness (QED) is 0.477.